The average molecular weight is 346 g/mol. The largest absolute Gasteiger partial charge is 0.299 e. The number of likely N-dealkylation sites (tertiary alicyclic amines) is 1. The summed E-state index contributed by atoms with van der Waals surface area (Å²) < 4.78 is 0.903. The van der Waals surface area contributed by atoms with Crippen molar-refractivity contribution in [3.63, 3.8) is 0 Å². The Kier molecular flexibility index (Phi) is 4.28. The predicted octanol–water partition coefficient (Wildman–Crippen LogP) is 2.51. The maximum atomic E-state index is 11.8. The summed E-state index contributed by atoms with van der Waals surface area (Å²) in [5.74, 6) is -0.346. The first-order valence-electron chi connectivity index (χ1n) is 5.91. The Morgan fingerprint density at radius 2 is 2.16 bits per heavy atom. The first-order valence-corrected chi connectivity index (χ1v) is 7.08. The van der Waals surface area contributed by atoms with Crippen molar-refractivity contribution in [2.24, 2.45) is 0 Å². The molecule has 19 heavy (non-hydrogen) atoms. The smallest absolute Gasteiger partial charge is 0.246 e. The van der Waals surface area contributed by atoms with Crippen LogP contribution in [0.2, 0.25) is 5.02 Å². The van der Waals surface area contributed by atoms with E-state index in [4.69, 9.17) is 11.6 Å². The van der Waals surface area contributed by atoms with E-state index in [0.29, 0.717) is 5.02 Å². The van der Waals surface area contributed by atoms with Crippen LogP contribution < -0.4 is 5.32 Å². The summed E-state index contributed by atoms with van der Waals surface area (Å²) in [7, 11) is 1.50. The zero-order valence-corrected chi connectivity index (χ0v) is 13.0. The number of likely N-dealkylation sites (N-methyl/N-ethyl adjacent to an activating group) is 1. The molecule has 0 spiro atoms. The van der Waals surface area contributed by atoms with E-state index in [-0.39, 0.29) is 24.3 Å². The number of hydrogen-bond donors (Lipinski definition) is 1. The van der Waals surface area contributed by atoms with Crippen LogP contribution in [-0.4, -0.2) is 29.8 Å². The van der Waals surface area contributed by atoms with Gasteiger partial charge in [-0.25, -0.2) is 0 Å². The number of carbonyl (C=O) groups is 2. The highest BCUT2D eigenvalue weighted by Crippen LogP contribution is 2.27. The van der Waals surface area contributed by atoms with Gasteiger partial charge in [0, 0.05) is 22.6 Å². The molecule has 2 amide bonds. The van der Waals surface area contributed by atoms with Gasteiger partial charge in [-0.15, -0.1) is 0 Å². The van der Waals surface area contributed by atoms with E-state index in [1.54, 1.807) is 0 Å². The lowest BCUT2D eigenvalue weighted by Gasteiger charge is -2.19. The maximum Gasteiger partial charge on any atom is 0.246 e. The zero-order chi connectivity index (χ0) is 14.2. The van der Waals surface area contributed by atoms with E-state index >= 15 is 0 Å². The van der Waals surface area contributed by atoms with Gasteiger partial charge in [-0.05, 0) is 24.6 Å². The van der Waals surface area contributed by atoms with Gasteiger partial charge in [0.2, 0.25) is 11.8 Å². The van der Waals surface area contributed by atoms with Crippen LogP contribution in [-0.2, 0) is 9.59 Å². The molecule has 1 aromatic rings. The maximum absolute atomic E-state index is 11.8. The third-order valence-corrected chi connectivity index (χ3v) is 4.08. The number of nitrogens with one attached hydrogen (secondary N) is 1. The molecule has 0 aliphatic carbocycles. The fraction of sp³-hybridized carbons (Fsp3) is 0.385. The molecule has 0 saturated carbocycles. The monoisotopic (exact) mass is 344 g/mol. The van der Waals surface area contributed by atoms with Crippen molar-refractivity contribution in [2.75, 3.05) is 7.05 Å². The molecule has 1 aliphatic rings. The number of amides is 2. The van der Waals surface area contributed by atoms with Gasteiger partial charge in [-0.1, -0.05) is 33.6 Å². The SMILES string of the molecule is CC(NC1CC(=O)N(C)C1=O)c1ccc(Br)cc1Cl. The molecule has 1 fully saturated rings. The number of benzene rings is 1. The molecular formula is C13H14BrClN2O2. The first-order chi connectivity index (χ1) is 8.90. The lowest BCUT2D eigenvalue weighted by Crippen LogP contribution is -2.38. The molecule has 6 heteroatoms. The van der Waals surface area contributed by atoms with Gasteiger partial charge in [0.05, 0.1) is 12.5 Å². The average Bonchev–Trinajstić information content (AvgIpc) is 2.57. The van der Waals surface area contributed by atoms with Crippen LogP contribution in [0.5, 0.6) is 0 Å². The standard InChI is InChI=1S/C13H14BrClN2O2/c1-7(9-4-3-8(14)5-10(9)15)16-11-6-12(18)17(2)13(11)19/h3-5,7,11,16H,6H2,1-2H3. The number of hydrogen-bond acceptors (Lipinski definition) is 3. The van der Waals surface area contributed by atoms with Crippen molar-refractivity contribution in [1.29, 1.82) is 0 Å². The summed E-state index contributed by atoms with van der Waals surface area (Å²) in [6, 6.07) is 5.03. The van der Waals surface area contributed by atoms with Gasteiger partial charge >= 0.3 is 0 Å². The second-order valence-electron chi connectivity index (χ2n) is 4.60. The van der Waals surface area contributed by atoms with Gasteiger partial charge < -0.3 is 0 Å². The van der Waals surface area contributed by atoms with E-state index in [1.807, 2.05) is 25.1 Å². The van der Waals surface area contributed by atoms with Gasteiger partial charge in [-0.3, -0.25) is 19.8 Å². The lowest BCUT2D eigenvalue weighted by molar-refractivity contribution is -0.137. The highest BCUT2D eigenvalue weighted by Gasteiger charge is 2.36. The number of imide groups is 1. The normalized spacial score (nSPS) is 21.1. The molecule has 2 unspecified atom stereocenters. The highest BCUT2D eigenvalue weighted by molar-refractivity contribution is 9.10. The Hall–Kier alpha value is -0.910. The van der Waals surface area contributed by atoms with Crippen LogP contribution in [0.3, 0.4) is 0 Å². The Bertz CT molecular complexity index is 535. The van der Waals surface area contributed by atoms with Crippen LogP contribution >= 0.6 is 27.5 Å². The van der Waals surface area contributed by atoms with E-state index in [1.165, 1.54) is 7.05 Å². The molecule has 0 aromatic heterocycles. The number of halogens is 2. The number of rotatable bonds is 3. The van der Waals surface area contributed by atoms with Crippen LogP contribution in [0.25, 0.3) is 0 Å². The van der Waals surface area contributed by atoms with Gasteiger partial charge in [-0.2, -0.15) is 0 Å². The van der Waals surface area contributed by atoms with Crippen molar-refractivity contribution in [3.05, 3.63) is 33.3 Å². The predicted molar refractivity (Wildman–Crippen MR) is 76.9 cm³/mol. The molecule has 0 radical (unpaired) electrons. The molecule has 4 nitrogen and oxygen atoms in total. The molecule has 102 valence electrons. The van der Waals surface area contributed by atoms with E-state index in [0.717, 1.165) is 14.9 Å². The zero-order valence-electron chi connectivity index (χ0n) is 10.6. The third kappa shape index (κ3) is 2.99. The molecule has 1 saturated heterocycles. The summed E-state index contributed by atoms with van der Waals surface area (Å²) in [6.45, 7) is 1.92. The summed E-state index contributed by atoms with van der Waals surface area (Å²) in [4.78, 5) is 24.4. The number of carbonyl (C=O) groups excluding carboxylic acids is 2. The van der Waals surface area contributed by atoms with E-state index < -0.39 is 6.04 Å². The Morgan fingerprint density at radius 1 is 1.47 bits per heavy atom. The third-order valence-electron chi connectivity index (χ3n) is 3.26. The second-order valence-corrected chi connectivity index (χ2v) is 5.92. The van der Waals surface area contributed by atoms with Crippen LogP contribution in [0, 0.1) is 0 Å². The fourth-order valence-electron chi connectivity index (χ4n) is 2.13. The molecule has 2 atom stereocenters. The second kappa shape index (κ2) is 5.61. The molecule has 1 N–H and O–H groups in total. The van der Waals surface area contributed by atoms with E-state index in [9.17, 15) is 9.59 Å². The van der Waals surface area contributed by atoms with E-state index in [2.05, 4.69) is 21.2 Å². The molecule has 1 heterocycles. The van der Waals surface area contributed by atoms with Crippen LogP contribution in [0.1, 0.15) is 24.9 Å². The van der Waals surface area contributed by atoms with Gasteiger partial charge in [0.15, 0.2) is 0 Å². The van der Waals surface area contributed by atoms with Gasteiger partial charge in [0.25, 0.3) is 0 Å². The molecular weight excluding hydrogens is 332 g/mol. The first kappa shape index (κ1) is 14.5. The highest BCUT2D eigenvalue weighted by atomic mass is 79.9. The minimum Gasteiger partial charge on any atom is -0.299 e. The molecule has 0 bridgehead atoms. The quantitative estimate of drug-likeness (QED) is 0.856. The van der Waals surface area contributed by atoms with Crippen molar-refractivity contribution in [1.82, 2.24) is 10.2 Å². The number of nitrogens with zero attached hydrogens (tertiary/aromatic N) is 1. The molecule has 1 aliphatic heterocycles. The summed E-state index contributed by atoms with van der Waals surface area (Å²) in [5.41, 5.74) is 0.902. The molecule has 2 rings (SSSR count). The van der Waals surface area contributed by atoms with Crippen molar-refractivity contribution < 1.29 is 9.59 Å². The lowest BCUT2D eigenvalue weighted by atomic mass is 10.1. The van der Waals surface area contributed by atoms with Crippen LogP contribution in [0.4, 0.5) is 0 Å². The van der Waals surface area contributed by atoms with Crippen LogP contribution in [0.15, 0.2) is 22.7 Å². The molecule has 1 aromatic carbocycles. The van der Waals surface area contributed by atoms with Crippen molar-refractivity contribution >= 4 is 39.3 Å². The fourth-order valence-corrected chi connectivity index (χ4v) is 2.97. The van der Waals surface area contributed by atoms with Gasteiger partial charge in [0.1, 0.15) is 0 Å². The minimum absolute atomic E-state index is 0.103. The Balaban J connectivity index is 2.11. The Labute approximate surface area is 125 Å². The topological polar surface area (TPSA) is 49.4 Å². The minimum atomic E-state index is -0.466. The summed E-state index contributed by atoms with van der Waals surface area (Å²) in [5, 5.41) is 3.78. The Morgan fingerprint density at radius 3 is 2.68 bits per heavy atom. The summed E-state index contributed by atoms with van der Waals surface area (Å²) >= 11 is 9.52. The van der Waals surface area contributed by atoms with Crippen molar-refractivity contribution in [3.8, 4) is 0 Å². The summed E-state index contributed by atoms with van der Waals surface area (Å²) in [6.07, 6.45) is 0.202. The van der Waals surface area contributed by atoms with Crippen molar-refractivity contribution in [2.45, 2.75) is 25.4 Å².